The summed E-state index contributed by atoms with van der Waals surface area (Å²) in [7, 11) is -3.26. The molecule has 1 heterocycles. The second-order valence-corrected chi connectivity index (χ2v) is 6.94. The summed E-state index contributed by atoms with van der Waals surface area (Å²) in [4.78, 5) is 4.08. The van der Waals surface area contributed by atoms with Crippen LogP contribution in [-0.4, -0.2) is 42.8 Å². The predicted octanol–water partition coefficient (Wildman–Crippen LogP) is -0.226. The molecule has 2 rings (SSSR count). The van der Waals surface area contributed by atoms with Crippen LogP contribution >= 0.6 is 0 Å². The van der Waals surface area contributed by atoms with E-state index in [2.05, 4.69) is 24.7 Å². The fourth-order valence-corrected chi connectivity index (χ4v) is 2.45. The average Bonchev–Trinajstić information content (AvgIpc) is 3.01. The van der Waals surface area contributed by atoms with Gasteiger partial charge >= 0.3 is 0 Å². The van der Waals surface area contributed by atoms with Gasteiger partial charge in [-0.05, 0) is 36.2 Å². The van der Waals surface area contributed by atoms with Crippen LogP contribution in [0.15, 0.2) is 27.8 Å². The van der Waals surface area contributed by atoms with Crippen LogP contribution < -0.4 is 10.5 Å². The molecule has 2 aromatic rings. The summed E-state index contributed by atoms with van der Waals surface area (Å²) >= 11 is 0. The zero-order chi connectivity index (χ0) is 18.4. The maximum atomic E-state index is 13.3. The van der Waals surface area contributed by atoms with Gasteiger partial charge in [-0.3, -0.25) is 0 Å². The first-order valence-electron chi connectivity index (χ1n) is 7.10. The number of benzene rings is 1. The molecule has 0 aliphatic rings. The minimum absolute atomic E-state index is 0. The first-order valence-corrected chi connectivity index (χ1v) is 8.99. The lowest BCUT2D eigenvalue weighted by Crippen LogP contribution is -2.23. The summed E-state index contributed by atoms with van der Waals surface area (Å²) in [6.07, 6.45) is 1.89. The van der Waals surface area contributed by atoms with Crippen molar-refractivity contribution in [2.75, 3.05) is 12.8 Å². The number of nitrogens with two attached hydrogens (primary N) is 1. The second kappa shape index (κ2) is 8.99. The van der Waals surface area contributed by atoms with Crippen molar-refractivity contribution in [3.8, 4) is 6.07 Å². The number of sulfonamides is 1. The Balaban J connectivity index is 0.00000338. The van der Waals surface area contributed by atoms with E-state index in [9.17, 15) is 12.8 Å². The van der Waals surface area contributed by atoms with E-state index in [1.165, 1.54) is 12.1 Å². The Labute approximate surface area is 148 Å². The highest BCUT2D eigenvalue weighted by molar-refractivity contribution is 7.88. The van der Waals surface area contributed by atoms with Gasteiger partial charge in [0.25, 0.3) is 0 Å². The topological polar surface area (TPSA) is 179 Å². The van der Waals surface area contributed by atoms with Gasteiger partial charge in [0.05, 0.1) is 17.5 Å². The second-order valence-electron chi connectivity index (χ2n) is 5.10. The molecule has 5 N–H and O–H groups in total. The molecule has 0 saturated carbocycles. The zero-order valence-corrected chi connectivity index (χ0v) is 14.5. The van der Waals surface area contributed by atoms with Gasteiger partial charge in [0, 0.05) is 6.54 Å². The van der Waals surface area contributed by atoms with E-state index in [0.717, 1.165) is 12.3 Å². The molecular weight excluding hydrogens is 367 g/mol. The fraction of sp³-hybridized carbons (Fsp3) is 0.286. The third-order valence-electron chi connectivity index (χ3n) is 3.07. The zero-order valence-electron chi connectivity index (χ0n) is 13.7. The Hall–Kier alpha value is -2.88. The molecule has 0 amide bonds. The molecule has 0 saturated heterocycles. The molecule has 0 radical (unpaired) electrons. The Morgan fingerprint density at radius 3 is 2.85 bits per heavy atom. The number of amidine groups is 1. The number of halogens is 1. The molecule has 26 heavy (non-hydrogen) atoms. The van der Waals surface area contributed by atoms with Crippen molar-refractivity contribution in [3.63, 3.8) is 0 Å². The van der Waals surface area contributed by atoms with Crippen molar-refractivity contribution in [2.45, 2.75) is 12.8 Å². The van der Waals surface area contributed by atoms with Gasteiger partial charge in [0.2, 0.25) is 10.0 Å². The van der Waals surface area contributed by atoms with E-state index in [1.54, 1.807) is 6.07 Å². The van der Waals surface area contributed by atoms with Gasteiger partial charge in [0.15, 0.2) is 11.5 Å². The Morgan fingerprint density at radius 2 is 2.19 bits per heavy atom. The lowest BCUT2D eigenvalue weighted by atomic mass is 10.2. The number of nitrogens with one attached hydrogen (secondary N) is 1. The number of rotatable bonds is 7. The molecule has 0 fully saturated rings. The number of aliphatic imine (C=N–C) groups is 1. The van der Waals surface area contributed by atoms with E-state index in [0.29, 0.717) is 18.5 Å². The fourth-order valence-electron chi connectivity index (χ4n) is 1.94. The molecule has 0 bridgehead atoms. The van der Waals surface area contributed by atoms with Gasteiger partial charge in [-0.2, -0.15) is 5.26 Å². The monoisotopic (exact) mass is 384 g/mol. The highest BCUT2D eigenvalue weighted by Gasteiger charge is 2.14. The summed E-state index contributed by atoms with van der Waals surface area (Å²) in [5, 5.41) is 16.2. The van der Waals surface area contributed by atoms with Crippen LogP contribution in [0.5, 0.6) is 0 Å². The van der Waals surface area contributed by atoms with E-state index in [1.807, 2.05) is 0 Å². The van der Waals surface area contributed by atoms with Gasteiger partial charge in [-0.15, -0.1) is 0 Å². The summed E-state index contributed by atoms with van der Waals surface area (Å²) in [5.74, 6) is -0.662. The van der Waals surface area contributed by atoms with E-state index < -0.39 is 15.8 Å². The number of nitriles is 1. The van der Waals surface area contributed by atoms with Crippen molar-refractivity contribution >= 4 is 21.5 Å². The summed E-state index contributed by atoms with van der Waals surface area (Å²) < 4.78 is 42.3. The minimum atomic E-state index is -3.26. The predicted molar refractivity (Wildman–Crippen MR) is 90.6 cm³/mol. The minimum Gasteiger partial charge on any atom is -0.412 e. The Kier molecular flexibility index (Phi) is 7.32. The Bertz CT molecular complexity index is 935. The van der Waals surface area contributed by atoms with Crippen LogP contribution in [-0.2, 0) is 16.4 Å². The van der Waals surface area contributed by atoms with Crippen molar-refractivity contribution < 1.29 is 22.9 Å². The van der Waals surface area contributed by atoms with E-state index in [-0.39, 0.29) is 34.8 Å². The van der Waals surface area contributed by atoms with Gasteiger partial charge in [0.1, 0.15) is 17.6 Å². The number of nitrogens with zero attached hydrogens (tertiary/aromatic N) is 4. The Morgan fingerprint density at radius 1 is 1.46 bits per heavy atom. The van der Waals surface area contributed by atoms with Crippen molar-refractivity contribution in [3.05, 3.63) is 41.0 Å². The maximum Gasteiger partial charge on any atom is 0.208 e. The molecule has 12 heteroatoms. The number of aromatic nitrogens is 2. The molecule has 0 spiro atoms. The van der Waals surface area contributed by atoms with Crippen LogP contribution in [0, 0.1) is 17.1 Å². The average molecular weight is 384 g/mol. The van der Waals surface area contributed by atoms with Gasteiger partial charge in [-0.25, -0.2) is 27.2 Å². The first kappa shape index (κ1) is 21.2. The number of hydrogen-bond acceptors (Lipinski definition) is 7. The first-order chi connectivity index (χ1) is 11.8. The van der Waals surface area contributed by atoms with Crippen molar-refractivity contribution in [2.24, 2.45) is 10.7 Å². The third kappa shape index (κ3) is 5.88. The molecule has 0 unspecified atom stereocenters. The van der Waals surface area contributed by atoms with E-state index >= 15 is 0 Å². The highest BCUT2D eigenvalue weighted by Crippen LogP contribution is 2.18. The summed E-state index contributed by atoms with van der Waals surface area (Å²) in [6.45, 7) is 0.228. The van der Waals surface area contributed by atoms with Crippen LogP contribution in [0.2, 0.25) is 0 Å². The molecule has 1 aromatic carbocycles. The third-order valence-corrected chi connectivity index (χ3v) is 3.80. The highest BCUT2D eigenvalue weighted by atomic mass is 32.2. The lowest BCUT2D eigenvalue weighted by molar-refractivity contribution is 0.302. The molecule has 0 atom stereocenters. The normalized spacial score (nSPS) is 11.7. The molecular formula is C14H17FN6O4S. The lowest BCUT2D eigenvalue weighted by Gasteiger charge is -2.02. The van der Waals surface area contributed by atoms with Crippen molar-refractivity contribution in [1.29, 1.82) is 5.26 Å². The SMILES string of the molecule is CS(=O)(=O)NCCCc1nonc1C(N)=Nc1ccc(F)c(C#N)c1.O. The molecule has 140 valence electrons. The smallest absolute Gasteiger partial charge is 0.208 e. The summed E-state index contributed by atoms with van der Waals surface area (Å²) in [6, 6.07) is 5.45. The standard InChI is InChI=1S/C14H15FN6O3S.H2O/c1-25(22,23)18-6-2-3-12-13(21-24-20-12)14(17)19-10-4-5-11(15)9(7-10)8-16;/h4-5,7,18H,2-3,6H2,1H3,(H2,17,19);1H2. The van der Waals surface area contributed by atoms with Crippen molar-refractivity contribution in [1.82, 2.24) is 15.0 Å². The largest absolute Gasteiger partial charge is 0.412 e. The van der Waals surface area contributed by atoms with Gasteiger partial charge in [-0.1, -0.05) is 5.16 Å². The number of aryl methyl sites for hydroxylation is 1. The van der Waals surface area contributed by atoms with Crippen LogP contribution in [0.25, 0.3) is 0 Å². The quantitative estimate of drug-likeness (QED) is 0.376. The van der Waals surface area contributed by atoms with Gasteiger partial charge < -0.3 is 11.2 Å². The van der Waals surface area contributed by atoms with Crippen LogP contribution in [0.1, 0.15) is 23.4 Å². The van der Waals surface area contributed by atoms with Crippen LogP contribution in [0.3, 0.4) is 0 Å². The maximum absolute atomic E-state index is 13.3. The molecule has 0 aliphatic carbocycles. The molecule has 1 aromatic heterocycles. The number of hydrogen-bond donors (Lipinski definition) is 2. The van der Waals surface area contributed by atoms with E-state index in [4.69, 9.17) is 11.0 Å². The molecule has 0 aliphatic heterocycles. The molecule has 10 nitrogen and oxygen atoms in total. The summed E-state index contributed by atoms with van der Waals surface area (Å²) in [5.41, 5.74) is 6.63. The van der Waals surface area contributed by atoms with Crippen LogP contribution in [0.4, 0.5) is 10.1 Å².